The van der Waals surface area contributed by atoms with Crippen LogP contribution in [-0.2, 0) is 6.54 Å². The number of aryl methyl sites for hydroxylation is 1. The molecular formula is C18H15FN2O2S. The number of anilines is 1. The Kier molecular flexibility index (Phi) is 4.57. The molecule has 0 unspecified atom stereocenters. The second kappa shape index (κ2) is 6.80. The van der Waals surface area contributed by atoms with Gasteiger partial charge in [0, 0.05) is 6.20 Å². The van der Waals surface area contributed by atoms with E-state index < -0.39 is 0 Å². The predicted molar refractivity (Wildman–Crippen MR) is 93.2 cm³/mol. The number of hydrogen-bond donors (Lipinski definition) is 1. The summed E-state index contributed by atoms with van der Waals surface area (Å²) >= 11 is 1.31. The summed E-state index contributed by atoms with van der Waals surface area (Å²) < 4.78 is 14.8. The molecule has 2 heterocycles. The fourth-order valence-corrected chi connectivity index (χ4v) is 3.04. The molecule has 24 heavy (non-hydrogen) atoms. The lowest BCUT2D eigenvalue weighted by atomic mass is 10.2. The van der Waals surface area contributed by atoms with Crippen LogP contribution in [0.5, 0.6) is 0 Å². The molecule has 2 aromatic heterocycles. The lowest BCUT2D eigenvalue weighted by molar-refractivity contribution is 0.103. The predicted octanol–water partition coefficient (Wildman–Crippen LogP) is 3.66. The van der Waals surface area contributed by atoms with Crippen LogP contribution in [0, 0.1) is 12.7 Å². The number of nitrogens with zero attached hydrogens (tertiary/aromatic N) is 1. The minimum atomic E-state index is -0.348. The van der Waals surface area contributed by atoms with Crippen molar-refractivity contribution in [3.8, 4) is 0 Å². The Labute approximate surface area is 142 Å². The van der Waals surface area contributed by atoms with Crippen LogP contribution in [-0.4, -0.2) is 10.5 Å². The first-order chi connectivity index (χ1) is 11.5. The molecule has 0 bridgehead atoms. The topological polar surface area (TPSA) is 51.1 Å². The number of aromatic nitrogens is 1. The number of carbonyl (C=O) groups is 1. The second-order valence-corrected chi connectivity index (χ2v) is 6.37. The molecule has 0 spiro atoms. The van der Waals surface area contributed by atoms with Crippen molar-refractivity contribution >= 4 is 22.9 Å². The zero-order valence-electron chi connectivity index (χ0n) is 13.0. The first kappa shape index (κ1) is 16.1. The SMILES string of the molecule is Cc1cc(NC(=O)c2cccs2)c(=O)n(Cc2cccc(F)c2)c1. The molecule has 0 aliphatic carbocycles. The van der Waals surface area contributed by atoms with Gasteiger partial charge >= 0.3 is 0 Å². The van der Waals surface area contributed by atoms with Crippen LogP contribution in [0.1, 0.15) is 20.8 Å². The first-order valence-electron chi connectivity index (χ1n) is 7.33. The zero-order valence-corrected chi connectivity index (χ0v) is 13.8. The van der Waals surface area contributed by atoms with Gasteiger partial charge in [-0.25, -0.2) is 4.39 Å². The van der Waals surface area contributed by atoms with Crippen molar-refractivity contribution in [1.82, 2.24) is 4.57 Å². The van der Waals surface area contributed by atoms with Gasteiger partial charge in [0.1, 0.15) is 11.5 Å². The van der Waals surface area contributed by atoms with Crippen LogP contribution >= 0.6 is 11.3 Å². The summed E-state index contributed by atoms with van der Waals surface area (Å²) in [4.78, 5) is 25.3. The Morgan fingerprint density at radius 1 is 1.25 bits per heavy atom. The highest BCUT2D eigenvalue weighted by Crippen LogP contribution is 2.13. The average molecular weight is 342 g/mol. The van der Waals surface area contributed by atoms with Crippen LogP contribution in [0.15, 0.2) is 58.8 Å². The largest absolute Gasteiger partial charge is 0.317 e. The van der Waals surface area contributed by atoms with E-state index in [0.717, 1.165) is 5.56 Å². The summed E-state index contributed by atoms with van der Waals surface area (Å²) in [6.45, 7) is 2.07. The van der Waals surface area contributed by atoms with Gasteiger partial charge in [0.05, 0.1) is 11.4 Å². The van der Waals surface area contributed by atoms with Gasteiger partial charge in [0.2, 0.25) is 0 Å². The molecule has 0 saturated carbocycles. The molecule has 122 valence electrons. The molecule has 3 rings (SSSR count). The van der Waals surface area contributed by atoms with Crippen LogP contribution < -0.4 is 10.9 Å². The third-order valence-corrected chi connectivity index (χ3v) is 4.33. The molecule has 1 aromatic carbocycles. The molecule has 0 saturated heterocycles. The number of benzene rings is 1. The van der Waals surface area contributed by atoms with E-state index in [-0.39, 0.29) is 29.5 Å². The highest BCUT2D eigenvalue weighted by atomic mass is 32.1. The standard InChI is InChI=1S/C18H15FN2O2S/c1-12-8-15(20-17(22)16-6-3-7-24-16)18(23)21(10-12)11-13-4-2-5-14(19)9-13/h2-10H,11H2,1H3,(H,20,22). The summed E-state index contributed by atoms with van der Waals surface area (Å²) in [6.07, 6.45) is 1.69. The van der Waals surface area contributed by atoms with E-state index in [0.29, 0.717) is 10.4 Å². The van der Waals surface area contributed by atoms with Gasteiger partial charge in [-0.15, -0.1) is 11.3 Å². The van der Waals surface area contributed by atoms with Gasteiger partial charge in [-0.2, -0.15) is 0 Å². The smallest absolute Gasteiger partial charge is 0.274 e. The molecule has 0 aliphatic rings. The molecule has 3 aromatic rings. The van der Waals surface area contributed by atoms with Gasteiger partial charge < -0.3 is 9.88 Å². The molecule has 0 atom stereocenters. The second-order valence-electron chi connectivity index (χ2n) is 5.43. The van der Waals surface area contributed by atoms with E-state index in [2.05, 4.69) is 5.32 Å². The molecule has 6 heteroatoms. The number of pyridine rings is 1. The quantitative estimate of drug-likeness (QED) is 0.787. The fourth-order valence-electron chi connectivity index (χ4n) is 2.42. The number of rotatable bonds is 4. The van der Waals surface area contributed by atoms with Crippen molar-refractivity contribution in [2.75, 3.05) is 5.32 Å². The molecule has 0 fully saturated rings. The maximum Gasteiger partial charge on any atom is 0.274 e. The number of hydrogen-bond acceptors (Lipinski definition) is 3. The Bertz CT molecular complexity index is 932. The third-order valence-electron chi connectivity index (χ3n) is 3.46. The number of thiophene rings is 1. The summed E-state index contributed by atoms with van der Waals surface area (Å²) in [6, 6.07) is 11.2. The van der Waals surface area contributed by atoms with E-state index >= 15 is 0 Å². The third kappa shape index (κ3) is 3.60. The maximum atomic E-state index is 13.3. The van der Waals surface area contributed by atoms with Crippen LogP contribution in [0.3, 0.4) is 0 Å². The van der Waals surface area contributed by atoms with Crippen LogP contribution in [0.2, 0.25) is 0 Å². The van der Waals surface area contributed by atoms with E-state index in [1.807, 2.05) is 6.92 Å². The highest BCUT2D eigenvalue weighted by Gasteiger charge is 2.12. The average Bonchev–Trinajstić information content (AvgIpc) is 3.06. The fraction of sp³-hybridized carbons (Fsp3) is 0.111. The minimum Gasteiger partial charge on any atom is -0.317 e. The highest BCUT2D eigenvalue weighted by molar-refractivity contribution is 7.12. The van der Waals surface area contributed by atoms with Crippen molar-refractivity contribution < 1.29 is 9.18 Å². The molecule has 1 amide bonds. The number of carbonyl (C=O) groups excluding carboxylic acids is 1. The zero-order chi connectivity index (χ0) is 17.1. The Morgan fingerprint density at radius 3 is 2.79 bits per heavy atom. The van der Waals surface area contributed by atoms with Gasteiger partial charge in [0.25, 0.3) is 11.5 Å². The number of halogens is 1. The monoisotopic (exact) mass is 342 g/mol. The molecule has 0 radical (unpaired) electrons. The van der Waals surface area contributed by atoms with Gasteiger partial charge in [0.15, 0.2) is 0 Å². The Balaban J connectivity index is 1.90. The Hall–Kier alpha value is -2.73. The van der Waals surface area contributed by atoms with Crippen LogP contribution in [0.4, 0.5) is 10.1 Å². The van der Waals surface area contributed by atoms with E-state index in [9.17, 15) is 14.0 Å². The minimum absolute atomic E-state index is 0.213. The van der Waals surface area contributed by atoms with Crippen molar-refractivity contribution in [2.45, 2.75) is 13.5 Å². The van der Waals surface area contributed by atoms with Crippen molar-refractivity contribution in [3.63, 3.8) is 0 Å². The normalized spacial score (nSPS) is 10.6. The van der Waals surface area contributed by atoms with E-state index in [1.165, 1.54) is 28.0 Å². The lowest BCUT2D eigenvalue weighted by Gasteiger charge is -2.11. The summed E-state index contributed by atoms with van der Waals surface area (Å²) in [5.41, 5.74) is 1.39. The lowest BCUT2D eigenvalue weighted by Crippen LogP contribution is -2.26. The number of amides is 1. The summed E-state index contributed by atoms with van der Waals surface area (Å²) in [5, 5.41) is 4.45. The summed E-state index contributed by atoms with van der Waals surface area (Å²) in [5.74, 6) is -0.663. The maximum absolute atomic E-state index is 13.3. The van der Waals surface area contributed by atoms with E-state index in [4.69, 9.17) is 0 Å². The van der Waals surface area contributed by atoms with Crippen molar-refractivity contribution in [2.24, 2.45) is 0 Å². The molecule has 1 N–H and O–H groups in total. The molecule has 0 aliphatic heterocycles. The van der Waals surface area contributed by atoms with Crippen molar-refractivity contribution in [1.29, 1.82) is 0 Å². The molecule has 4 nitrogen and oxygen atoms in total. The number of nitrogens with one attached hydrogen (secondary N) is 1. The summed E-state index contributed by atoms with van der Waals surface area (Å²) in [7, 11) is 0. The van der Waals surface area contributed by atoms with E-state index in [1.54, 1.807) is 41.9 Å². The van der Waals surface area contributed by atoms with Gasteiger partial charge in [-0.1, -0.05) is 18.2 Å². The molecular weight excluding hydrogens is 327 g/mol. The van der Waals surface area contributed by atoms with Crippen LogP contribution in [0.25, 0.3) is 0 Å². The van der Waals surface area contributed by atoms with Gasteiger partial charge in [-0.05, 0) is 47.7 Å². The van der Waals surface area contributed by atoms with Crippen molar-refractivity contribution in [3.05, 3.63) is 86.2 Å². The first-order valence-corrected chi connectivity index (χ1v) is 8.21. The van der Waals surface area contributed by atoms with Gasteiger partial charge in [-0.3, -0.25) is 9.59 Å². The Morgan fingerprint density at radius 2 is 2.08 bits per heavy atom.